The van der Waals surface area contributed by atoms with Crippen molar-refractivity contribution in [1.29, 1.82) is 0 Å². The zero-order valence-electron chi connectivity index (χ0n) is 11.5. The molecule has 1 amide bonds. The highest BCUT2D eigenvalue weighted by Crippen LogP contribution is 2.18. The van der Waals surface area contributed by atoms with E-state index < -0.39 is 0 Å². The fourth-order valence-corrected chi connectivity index (χ4v) is 1.75. The lowest BCUT2D eigenvalue weighted by Crippen LogP contribution is -2.28. The molecule has 110 valence electrons. The fraction of sp³-hybridized carbons (Fsp3) is 0.200. The van der Waals surface area contributed by atoms with Gasteiger partial charge in [-0.2, -0.15) is 0 Å². The van der Waals surface area contributed by atoms with Crippen LogP contribution in [0.15, 0.2) is 42.6 Å². The number of hydrogen-bond donors (Lipinski definition) is 1. The summed E-state index contributed by atoms with van der Waals surface area (Å²) in [4.78, 5) is 15.7. The number of carbonyl (C=O) groups excluding carboxylic acids is 1. The quantitative estimate of drug-likeness (QED) is 0.658. The minimum atomic E-state index is -0.214. The van der Waals surface area contributed by atoms with Crippen LogP contribution in [-0.2, 0) is 0 Å². The molecule has 0 atom stereocenters. The smallest absolute Gasteiger partial charge is 0.252 e. The number of pyridine rings is 1. The van der Waals surface area contributed by atoms with Gasteiger partial charge in [0, 0.05) is 12.3 Å². The van der Waals surface area contributed by atoms with Crippen LogP contribution in [-0.4, -0.2) is 31.2 Å². The second-order valence-corrected chi connectivity index (χ2v) is 4.54. The Morgan fingerprint density at radius 2 is 2.10 bits per heavy atom. The second-order valence-electron chi connectivity index (χ2n) is 4.15. The predicted molar refractivity (Wildman–Crippen MR) is 80.1 cm³/mol. The summed E-state index contributed by atoms with van der Waals surface area (Å²) in [7, 11) is 1.60. The molecule has 1 aromatic carbocycles. The molecule has 5 nitrogen and oxygen atoms in total. The molecule has 0 spiro atoms. The van der Waals surface area contributed by atoms with Crippen molar-refractivity contribution in [1.82, 2.24) is 10.3 Å². The lowest BCUT2D eigenvalue weighted by atomic mass is 10.3. The fourth-order valence-electron chi connectivity index (χ4n) is 1.64. The summed E-state index contributed by atoms with van der Waals surface area (Å²) >= 11 is 5.66. The third kappa shape index (κ3) is 4.65. The average molecular weight is 307 g/mol. The molecule has 0 saturated heterocycles. The van der Waals surface area contributed by atoms with E-state index in [0.717, 1.165) is 5.75 Å². The van der Waals surface area contributed by atoms with E-state index in [0.29, 0.717) is 29.6 Å². The van der Waals surface area contributed by atoms with Gasteiger partial charge in [0.25, 0.3) is 5.91 Å². The summed E-state index contributed by atoms with van der Waals surface area (Å²) in [6.45, 7) is 0.749. The van der Waals surface area contributed by atoms with Crippen LogP contribution in [0.5, 0.6) is 11.5 Å². The largest absolute Gasteiger partial charge is 0.497 e. The van der Waals surface area contributed by atoms with E-state index in [1.807, 2.05) is 18.2 Å². The number of amides is 1. The molecule has 2 rings (SSSR count). The number of nitrogens with zero attached hydrogens (tertiary/aromatic N) is 1. The monoisotopic (exact) mass is 306 g/mol. The van der Waals surface area contributed by atoms with Crippen LogP contribution < -0.4 is 14.8 Å². The Balaban J connectivity index is 1.76. The Labute approximate surface area is 127 Å². The van der Waals surface area contributed by atoms with Crippen LogP contribution in [0.3, 0.4) is 0 Å². The maximum absolute atomic E-state index is 11.8. The van der Waals surface area contributed by atoms with E-state index in [1.165, 1.54) is 6.20 Å². The van der Waals surface area contributed by atoms with Gasteiger partial charge >= 0.3 is 0 Å². The molecule has 21 heavy (non-hydrogen) atoms. The summed E-state index contributed by atoms with van der Waals surface area (Å²) < 4.78 is 10.6. The highest BCUT2D eigenvalue weighted by molar-refractivity contribution is 6.29. The summed E-state index contributed by atoms with van der Waals surface area (Å²) in [5.74, 6) is 1.20. The van der Waals surface area contributed by atoms with Gasteiger partial charge in [-0.05, 0) is 24.3 Å². The lowest BCUT2D eigenvalue weighted by molar-refractivity contribution is 0.0946. The molecule has 1 heterocycles. The first kappa shape index (κ1) is 15.1. The highest BCUT2D eigenvalue weighted by Gasteiger charge is 2.05. The molecule has 0 fully saturated rings. The van der Waals surface area contributed by atoms with Gasteiger partial charge < -0.3 is 14.8 Å². The molecule has 0 unspecified atom stereocenters. The van der Waals surface area contributed by atoms with Gasteiger partial charge in [0.05, 0.1) is 19.2 Å². The highest BCUT2D eigenvalue weighted by atomic mass is 35.5. The van der Waals surface area contributed by atoms with Crippen molar-refractivity contribution in [3.8, 4) is 11.5 Å². The zero-order chi connectivity index (χ0) is 15.1. The molecule has 0 aliphatic rings. The van der Waals surface area contributed by atoms with Crippen LogP contribution >= 0.6 is 11.6 Å². The van der Waals surface area contributed by atoms with Gasteiger partial charge in [-0.1, -0.05) is 17.7 Å². The maximum Gasteiger partial charge on any atom is 0.252 e. The molecular formula is C15H15ClN2O3. The SMILES string of the molecule is COc1cccc(OCCNC(=O)c2ccc(Cl)nc2)c1. The van der Waals surface area contributed by atoms with Gasteiger partial charge in [0.1, 0.15) is 23.3 Å². The van der Waals surface area contributed by atoms with Crippen molar-refractivity contribution < 1.29 is 14.3 Å². The van der Waals surface area contributed by atoms with Crippen LogP contribution in [0.1, 0.15) is 10.4 Å². The first-order valence-electron chi connectivity index (χ1n) is 6.35. The van der Waals surface area contributed by atoms with Crippen LogP contribution in [0.2, 0.25) is 5.15 Å². The Bertz CT molecular complexity index is 602. The van der Waals surface area contributed by atoms with E-state index in [9.17, 15) is 4.79 Å². The summed E-state index contributed by atoms with van der Waals surface area (Å²) in [6, 6.07) is 10.5. The Morgan fingerprint density at radius 3 is 2.81 bits per heavy atom. The summed E-state index contributed by atoms with van der Waals surface area (Å²) in [5.41, 5.74) is 0.459. The first-order valence-corrected chi connectivity index (χ1v) is 6.73. The van der Waals surface area contributed by atoms with Crippen LogP contribution in [0.4, 0.5) is 0 Å². The molecule has 2 aromatic rings. The number of halogens is 1. The first-order chi connectivity index (χ1) is 10.2. The summed E-state index contributed by atoms with van der Waals surface area (Å²) in [5, 5.41) is 3.09. The number of aromatic nitrogens is 1. The predicted octanol–water partition coefficient (Wildman–Crippen LogP) is 2.55. The van der Waals surface area contributed by atoms with Gasteiger partial charge in [0.2, 0.25) is 0 Å². The summed E-state index contributed by atoms with van der Waals surface area (Å²) in [6.07, 6.45) is 1.43. The molecule has 0 bridgehead atoms. The standard InChI is InChI=1S/C15H15ClN2O3/c1-20-12-3-2-4-13(9-12)21-8-7-17-15(19)11-5-6-14(16)18-10-11/h2-6,9-10H,7-8H2,1H3,(H,17,19). The van der Waals surface area contributed by atoms with Crippen molar-refractivity contribution in [3.63, 3.8) is 0 Å². The Hall–Kier alpha value is -2.27. The van der Waals surface area contributed by atoms with Crippen molar-refractivity contribution >= 4 is 17.5 Å². The molecule has 6 heteroatoms. The average Bonchev–Trinajstić information content (AvgIpc) is 2.52. The molecule has 1 aromatic heterocycles. The number of ether oxygens (including phenoxy) is 2. The van der Waals surface area contributed by atoms with Crippen molar-refractivity contribution in [2.24, 2.45) is 0 Å². The molecule has 0 radical (unpaired) electrons. The Kier molecular flexibility index (Phi) is 5.40. The Morgan fingerprint density at radius 1 is 1.29 bits per heavy atom. The van der Waals surface area contributed by atoms with E-state index in [1.54, 1.807) is 25.3 Å². The number of carbonyl (C=O) groups is 1. The van der Waals surface area contributed by atoms with Gasteiger partial charge in [-0.25, -0.2) is 4.98 Å². The number of benzene rings is 1. The topological polar surface area (TPSA) is 60.5 Å². The lowest BCUT2D eigenvalue weighted by Gasteiger charge is -2.08. The normalized spacial score (nSPS) is 10.0. The zero-order valence-corrected chi connectivity index (χ0v) is 12.3. The van der Waals surface area contributed by atoms with Gasteiger partial charge in [0.15, 0.2) is 0 Å². The van der Waals surface area contributed by atoms with E-state index in [2.05, 4.69) is 10.3 Å². The van der Waals surface area contributed by atoms with E-state index >= 15 is 0 Å². The molecular weight excluding hydrogens is 292 g/mol. The third-order valence-electron chi connectivity index (χ3n) is 2.69. The van der Waals surface area contributed by atoms with Crippen molar-refractivity contribution in [3.05, 3.63) is 53.3 Å². The second kappa shape index (κ2) is 7.50. The molecule has 0 aliphatic heterocycles. The number of rotatable bonds is 6. The maximum atomic E-state index is 11.8. The van der Waals surface area contributed by atoms with E-state index in [-0.39, 0.29) is 5.91 Å². The third-order valence-corrected chi connectivity index (χ3v) is 2.91. The minimum Gasteiger partial charge on any atom is -0.497 e. The van der Waals surface area contributed by atoms with E-state index in [4.69, 9.17) is 21.1 Å². The number of hydrogen-bond acceptors (Lipinski definition) is 4. The van der Waals surface area contributed by atoms with Crippen LogP contribution in [0.25, 0.3) is 0 Å². The number of nitrogens with one attached hydrogen (secondary N) is 1. The number of methoxy groups -OCH3 is 1. The van der Waals surface area contributed by atoms with Crippen LogP contribution in [0, 0.1) is 0 Å². The van der Waals surface area contributed by atoms with Gasteiger partial charge in [-0.15, -0.1) is 0 Å². The van der Waals surface area contributed by atoms with Gasteiger partial charge in [-0.3, -0.25) is 4.79 Å². The van der Waals surface area contributed by atoms with Crippen molar-refractivity contribution in [2.75, 3.05) is 20.3 Å². The van der Waals surface area contributed by atoms with Crippen molar-refractivity contribution in [2.45, 2.75) is 0 Å². The molecule has 1 N–H and O–H groups in total. The molecule has 0 saturated carbocycles. The minimum absolute atomic E-state index is 0.214. The molecule has 0 aliphatic carbocycles.